The second-order valence-corrected chi connectivity index (χ2v) is 6.06. The lowest BCUT2D eigenvalue weighted by atomic mass is 9.98. The molecule has 4 rings (SSSR count). The Labute approximate surface area is 146 Å². The molecule has 0 aliphatic carbocycles. The highest BCUT2D eigenvalue weighted by molar-refractivity contribution is 5.78. The molecule has 1 atom stereocenters. The number of hydrogen-bond acceptors (Lipinski definition) is 3. The standard InChI is InChI=1S/C20H19N3O2/c1-25-17-7-3-2-6-14(17)9-10-15-12-19(24)21-13-16-20(15)23-11-5-4-8-18(23)22-16/h2-11,15H,12-13H2,1H3,(H,21,24)/b10-9+/t15-/m0/s1. The van der Waals surface area contributed by atoms with Gasteiger partial charge in [0.25, 0.3) is 0 Å². The summed E-state index contributed by atoms with van der Waals surface area (Å²) in [5.41, 5.74) is 3.89. The Kier molecular flexibility index (Phi) is 3.98. The number of rotatable bonds is 3. The van der Waals surface area contributed by atoms with E-state index in [1.54, 1.807) is 7.11 Å². The van der Waals surface area contributed by atoms with Gasteiger partial charge < -0.3 is 14.5 Å². The summed E-state index contributed by atoms with van der Waals surface area (Å²) in [6.07, 6.45) is 6.50. The molecular formula is C20H19N3O2. The number of nitrogens with zero attached hydrogens (tertiary/aromatic N) is 2. The van der Waals surface area contributed by atoms with Crippen molar-refractivity contribution in [3.8, 4) is 5.75 Å². The maximum atomic E-state index is 12.1. The summed E-state index contributed by atoms with van der Waals surface area (Å²) in [5.74, 6) is 0.812. The molecule has 1 aliphatic heterocycles. The number of methoxy groups -OCH3 is 1. The third-order valence-corrected chi connectivity index (χ3v) is 4.50. The van der Waals surface area contributed by atoms with Gasteiger partial charge in [0, 0.05) is 24.1 Å². The van der Waals surface area contributed by atoms with E-state index in [0.717, 1.165) is 28.3 Å². The van der Waals surface area contributed by atoms with Crippen LogP contribution in [0.4, 0.5) is 0 Å². The number of carbonyl (C=O) groups excluding carboxylic acids is 1. The van der Waals surface area contributed by atoms with E-state index in [9.17, 15) is 4.79 Å². The number of para-hydroxylation sites is 1. The number of nitrogens with one attached hydrogen (secondary N) is 1. The average Bonchev–Trinajstić information content (AvgIpc) is 2.94. The third kappa shape index (κ3) is 2.89. The van der Waals surface area contributed by atoms with Crippen molar-refractivity contribution in [3.05, 3.63) is 71.7 Å². The summed E-state index contributed by atoms with van der Waals surface area (Å²) in [6.45, 7) is 0.467. The summed E-state index contributed by atoms with van der Waals surface area (Å²) in [5, 5.41) is 2.94. The highest BCUT2D eigenvalue weighted by Crippen LogP contribution is 2.30. The van der Waals surface area contributed by atoms with E-state index >= 15 is 0 Å². The quantitative estimate of drug-likeness (QED) is 0.801. The fourth-order valence-corrected chi connectivity index (χ4v) is 3.32. The molecule has 1 aliphatic rings. The van der Waals surface area contributed by atoms with E-state index in [-0.39, 0.29) is 11.8 Å². The lowest BCUT2D eigenvalue weighted by molar-refractivity contribution is -0.121. The van der Waals surface area contributed by atoms with Gasteiger partial charge in [0.1, 0.15) is 11.4 Å². The smallest absolute Gasteiger partial charge is 0.221 e. The van der Waals surface area contributed by atoms with Crippen LogP contribution in [0.1, 0.15) is 29.3 Å². The zero-order valence-corrected chi connectivity index (χ0v) is 14.0. The normalized spacial score (nSPS) is 17.3. The molecule has 2 aromatic heterocycles. The molecule has 0 saturated heterocycles. The Balaban J connectivity index is 1.78. The Morgan fingerprint density at radius 1 is 1.24 bits per heavy atom. The fraction of sp³-hybridized carbons (Fsp3) is 0.200. The topological polar surface area (TPSA) is 55.6 Å². The largest absolute Gasteiger partial charge is 0.496 e. The molecule has 3 heterocycles. The van der Waals surface area contributed by atoms with Gasteiger partial charge in [-0.1, -0.05) is 36.4 Å². The molecule has 126 valence electrons. The Hall–Kier alpha value is -3.08. The van der Waals surface area contributed by atoms with Gasteiger partial charge in [-0.05, 0) is 18.2 Å². The first-order valence-electron chi connectivity index (χ1n) is 8.30. The van der Waals surface area contributed by atoms with Crippen molar-refractivity contribution in [2.45, 2.75) is 18.9 Å². The molecule has 0 saturated carbocycles. The Morgan fingerprint density at radius 3 is 2.96 bits per heavy atom. The molecular weight excluding hydrogens is 314 g/mol. The SMILES string of the molecule is COc1ccccc1/C=C/[C@H]1CC(=O)NCc2nc3ccccn3c21. The van der Waals surface area contributed by atoms with Gasteiger partial charge in [0.05, 0.1) is 25.0 Å². The number of benzene rings is 1. The molecule has 0 spiro atoms. The van der Waals surface area contributed by atoms with Crippen LogP contribution in [0, 0.1) is 0 Å². The molecule has 0 bridgehead atoms. The van der Waals surface area contributed by atoms with Gasteiger partial charge in [-0.15, -0.1) is 0 Å². The number of carbonyl (C=O) groups is 1. The molecule has 25 heavy (non-hydrogen) atoms. The van der Waals surface area contributed by atoms with Crippen LogP contribution in [0.5, 0.6) is 5.75 Å². The monoisotopic (exact) mass is 333 g/mol. The first-order valence-corrected chi connectivity index (χ1v) is 8.30. The van der Waals surface area contributed by atoms with Gasteiger partial charge in [-0.25, -0.2) is 4.98 Å². The van der Waals surface area contributed by atoms with Gasteiger partial charge in [-0.2, -0.15) is 0 Å². The predicted octanol–water partition coefficient (Wildman–Crippen LogP) is 3.16. The van der Waals surface area contributed by atoms with E-state index in [4.69, 9.17) is 4.74 Å². The van der Waals surface area contributed by atoms with E-state index < -0.39 is 0 Å². The van der Waals surface area contributed by atoms with Crippen molar-refractivity contribution in [2.24, 2.45) is 0 Å². The minimum Gasteiger partial charge on any atom is -0.496 e. The maximum absolute atomic E-state index is 12.1. The van der Waals surface area contributed by atoms with E-state index in [1.807, 2.05) is 54.7 Å². The molecule has 0 radical (unpaired) electrons. The molecule has 3 aromatic rings. The van der Waals surface area contributed by atoms with Gasteiger partial charge >= 0.3 is 0 Å². The van der Waals surface area contributed by atoms with Crippen molar-refractivity contribution in [1.82, 2.24) is 14.7 Å². The van der Waals surface area contributed by atoms with Crippen molar-refractivity contribution < 1.29 is 9.53 Å². The molecule has 1 aromatic carbocycles. The average molecular weight is 333 g/mol. The summed E-state index contributed by atoms with van der Waals surface area (Å²) in [6, 6.07) is 13.8. The number of allylic oxidation sites excluding steroid dienone is 1. The van der Waals surface area contributed by atoms with Crippen LogP contribution < -0.4 is 10.1 Å². The van der Waals surface area contributed by atoms with Gasteiger partial charge in [0.15, 0.2) is 0 Å². The van der Waals surface area contributed by atoms with Crippen molar-refractivity contribution >= 4 is 17.6 Å². The summed E-state index contributed by atoms with van der Waals surface area (Å²) in [7, 11) is 1.66. The maximum Gasteiger partial charge on any atom is 0.221 e. The van der Waals surface area contributed by atoms with Gasteiger partial charge in [-0.3, -0.25) is 4.79 Å². The summed E-state index contributed by atoms with van der Waals surface area (Å²) in [4.78, 5) is 16.8. The zero-order valence-electron chi connectivity index (χ0n) is 14.0. The van der Waals surface area contributed by atoms with Crippen molar-refractivity contribution in [3.63, 3.8) is 0 Å². The number of ether oxygens (including phenoxy) is 1. The highest BCUT2D eigenvalue weighted by atomic mass is 16.5. The molecule has 5 heteroatoms. The number of amides is 1. The lowest BCUT2D eigenvalue weighted by Crippen LogP contribution is -2.21. The first kappa shape index (κ1) is 15.4. The fourth-order valence-electron chi connectivity index (χ4n) is 3.32. The highest BCUT2D eigenvalue weighted by Gasteiger charge is 2.25. The number of aromatic nitrogens is 2. The number of hydrogen-bond donors (Lipinski definition) is 1. The van der Waals surface area contributed by atoms with Crippen molar-refractivity contribution in [2.75, 3.05) is 7.11 Å². The van der Waals surface area contributed by atoms with Crippen LogP contribution in [0.2, 0.25) is 0 Å². The minimum atomic E-state index is -0.0418. The Morgan fingerprint density at radius 2 is 2.08 bits per heavy atom. The van der Waals surface area contributed by atoms with E-state index in [2.05, 4.69) is 20.8 Å². The van der Waals surface area contributed by atoms with Gasteiger partial charge in [0.2, 0.25) is 5.91 Å². The molecule has 1 N–H and O–H groups in total. The summed E-state index contributed by atoms with van der Waals surface area (Å²) < 4.78 is 7.48. The van der Waals surface area contributed by atoms with Crippen molar-refractivity contribution in [1.29, 1.82) is 0 Å². The molecule has 0 unspecified atom stereocenters. The minimum absolute atomic E-state index is 0.0392. The van der Waals surface area contributed by atoms with Crippen LogP contribution in [-0.4, -0.2) is 22.4 Å². The number of pyridine rings is 1. The van der Waals surface area contributed by atoms with Crippen LogP contribution in [-0.2, 0) is 11.3 Å². The van der Waals surface area contributed by atoms with Crippen LogP contribution in [0.3, 0.4) is 0 Å². The predicted molar refractivity (Wildman–Crippen MR) is 96.4 cm³/mol. The van der Waals surface area contributed by atoms with Crippen LogP contribution >= 0.6 is 0 Å². The molecule has 1 amide bonds. The second kappa shape index (κ2) is 6.43. The van der Waals surface area contributed by atoms with E-state index in [0.29, 0.717) is 13.0 Å². The first-order chi connectivity index (χ1) is 12.3. The third-order valence-electron chi connectivity index (χ3n) is 4.50. The zero-order chi connectivity index (χ0) is 17.2. The van der Waals surface area contributed by atoms with E-state index in [1.165, 1.54) is 0 Å². The summed E-state index contributed by atoms with van der Waals surface area (Å²) >= 11 is 0. The number of fused-ring (bicyclic) bond motifs is 3. The lowest BCUT2D eigenvalue weighted by Gasteiger charge is -2.11. The molecule has 0 fully saturated rings. The second-order valence-electron chi connectivity index (χ2n) is 6.06. The van der Waals surface area contributed by atoms with Crippen LogP contribution in [0.25, 0.3) is 11.7 Å². The Bertz CT molecular complexity index is 958. The van der Waals surface area contributed by atoms with Crippen LogP contribution in [0.15, 0.2) is 54.7 Å². The number of imidazole rings is 1. The molecule has 5 nitrogen and oxygen atoms in total.